The topological polar surface area (TPSA) is 50.8 Å². The maximum absolute atomic E-state index is 8.81. The van der Waals surface area contributed by atoms with E-state index < -0.39 is 0 Å². The molecule has 0 aliphatic carbocycles. The molecule has 1 aromatic carbocycles. The minimum atomic E-state index is 0.337. The summed E-state index contributed by atoms with van der Waals surface area (Å²) in [6, 6.07) is 12.0. The summed E-state index contributed by atoms with van der Waals surface area (Å²) in [7, 11) is 0. The third-order valence-corrected chi connectivity index (χ3v) is 3.03. The van der Waals surface area contributed by atoms with Crippen LogP contribution in [-0.4, -0.2) is 16.4 Å². The Balaban J connectivity index is 2.37. The number of ether oxygens (including phenoxy) is 1. The molecule has 0 N–H and O–H groups in total. The molecule has 0 fully saturated rings. The summed E-state index contributed by atoms with van der Waals surface area (Å²) in [6.07, 6.45) is 0.337. The van der Waals surface area contributed by atoms with Gasteiger partial charge >= 0.3 is 0 Å². The predicted octanol–water partition coefficient (Wildman–Crippen LogP) is 3.46. The van der Waals surface area contributed by atoms with Gasteiger partial charge in [-0.15, -0.1) is 0 Å². The molecule has 0 saturated heterocycles. The Morgan fingerprint density at radius 2 is 2.00 bits per heavy atom. The van der Waals surface area contributed by atoms with Gasteiger partial charge in [0.05, 0.1) is 30.5 Å². The molecule has 20 heavy (non-hydrogen) atoms. The van der Waals surface area contributed by atoms with Crippen molar-refractivity contribution in [3.8, 4) is 17.5 Å². The highest BCUT2D eigenvalue weighted by atomic mass is 16.5. The van der Waals surface area contributed by atoms with Gasteiger partial charge in [0, 0.05) is 5.69 Å². The molecule has 0 aliphatic heterocycles. The van der Waals surface area contributed by atoms with Crippen LogP contribution in [0.4, 0.5) is 0 Å². The Hall–Kier alpha value is -2.28. The molecule has 2 rings (SSSR count). The van der Waals surface area contributed by atoms with Crippen molar-refractivity contribution in [2.45, 2.75) is 33.1 Å². The fourth-order valence-corrected chi connectivity index (χ4v) is 2.08. The second-order valence-corrected chi connectivity index (χ2v) is 4.89. The summed E-state index contributed by atoms with van der Waals surface area (Å²) in [5.74, 6) is 1.20. The molecule has 0 aliphatic rings. The van der Waals surface area contributed by atoms with E-state index in [-0.39, 0.29) is 0 Å². The summed E-state index contributed by atoms with van der Waals surface area (Å²) in [4.78, 5) is 0. The zero-order valence-electron chi connectivity index (χ0n) is 12.1. The first kappa shape index (κ1) is 14.1. The number of nitrogens with zero attached hydrogens (tertiary/aromatic N) is 3. The monoisotopic (exact) mass is 269 g/mol. The lowest BCUT2D eigenvalue weighted by molar-refractivity contribution is 0.340. The third kappa shape index (κ3) is 3.00. The first-order chi connectivity index (χ1) is 9.65. The lowest BCUT2D eigenvalue weighted by Crippen LogP contribution is -2.04. The van der Waals surface area contributed by atoms with Crippen molar-refractivity contribution in [2.24, 2.45) is 0 Å². The number of benzene rings is 1. The van der Waals surface area contributed by atoms with E-state index in [0.717, 1.165) is 22.8 Å². The van der Waals surface area contributed by atoms with E-state index in [9.17, 15) is 0 Å². The fourth-order valence-electron chi connectivity index (χ4n) is 2.08. The van der Waals surface area contributed by atoms with Crippen LogP contribution in [0.25, 0.3) is 5.69 Å². The van der Waals surface area contributed by atoms with Crippen molar-refractivity contribution >= 4 is 0 Å². The summed E-state index contributed by atoms with van der Waals surface area (Å²) < 4.78 is 7.36. The van der Waals surface area contributed by atoms with Crippen molar-refractivity contribution in [1.29, 1.82) is 5.26 Å². The Morgan fingerprint density at radius 1 is 1.30 bits per heavy atom. The van der Waals surface area contributed by atoms with E-state index in [1.165, 1.54) is 0 Å². The standard InChI is InChI=1S/C16H19N3O/c1-4-20-15-7-5-14(6-8-15)19-16(12(2)3)11-13(18-19)9-10-17/h5-8,11-12H,4,9H2,1-3H3. The molecular weight excluding hydrogens is 250 g/mol. The number of hydrogen-bond donors (Lipinski definition) is 0. The van der Waals surface area contributed by atoms with Crippen LogP contribution in [0.3, 0.4) is 0 Å². The van der Waals surface area contributed by atoms with Gasteiger partial charge in [-0.1, -0.05) is 13.8 Å². The summed E-state index contributed by atoms with van der Waals surface area (Å²) >= 11 is 0. The normalized spacial score (nSPS) is 10.6. The molecule has 1 aromatic heterocycles. The quantitative estimate of drug-likeness (QED) is 0.835. The fraction of sp³-hybridized carbons (Fsp3) is 0.375. The van der Waals surface area contributed by atoms with Crippen molar-refractivity contribution in [1.82, 2.24) is 9.78 Å². The lowest BCUT2D eigenvalue weighted by Gasteiger charge is -2.10. The van der Waals surface area contributed by atoms with Crippen molar-refractivity contribution in [3.05, 3.63) is 41.7 Å². The molecule has 2 aromatic rings. The first-order valence-corrected chi connectivity index (χ1v) is 6.84. The van der Waals surface area contributed by atoms with Gasteiger partial charge in [-0.05, 0) is 43.2 Å². The van der Waals surface area contributed by atoms with Gasteiger partial charge < -0.3 is 4.74 Å². The van der Waals surface area contributed by atoms with Crippen LogP contribution in [0.2, 0.25) is 0 Å². The molecule has 104 valence electrons. The number of rotatable bonds is 5. The van der Waals surface area contributed by atoms with Gasteiger partial charge in [0.15, 0.2) is 0 Å². The Morgan fingerprint density at radius 3 is 2.55 bits per heavy atom. The maximum Gasteiger partial charge on any atom is 0.119 e. The van der Waals surface area contributed by atoms with Crippen LogP contribution in [0.5, 0.6) is 5.75 Å². The van der Waals surface area contributed by atoms with Crippen molar-refractivity contribution in [2.75, 3.05) is 6.61 Å². The molecule has 0 spiro atoms. The Bertz CT molecular complexity index is 606. The van der Waals surface area contributed by atoms with Crippen molar-refractivity contribution in [3.63, 3.8) is 0 Å². The van der Waals surface area contributed by atoms with Gasteiger partial charge in [-0.25, -0.2) is 4.68 Å². The molecule has 0 atom stereocenters. The van der Waals surface area contributed by atoms with Crippen LogP contribution < -0.4 is 4.74 Å². The summed E-state index contributed by atoms with van der Waals surface area (Å²) in [5, 5.41) is 13.3. The lowest BCUT2D eigenvalue weighted by atomic mass is 10.1. The van der Waals surface area contributed by atoms with Gasteiger partial charge in [-0.2, -0.15) is 10.4 Å². The predicted molar refractivity (Wildman–Crippen MR) is 78.1 cm³/mol. The number of hydrogen-bond acceptors (Lipinski definition) is 3. The number of aromatic nitrogens is 2. The van der Waals surface area contributed by atoms with E-state index in [1.807, 2.05) is 41.9 Å². The first-order valence-electron chi connectivity index (χ1n) is 6.84. The largest absolute Gasteiger partial charge is 0.494 e. The smallest absolute Gasteiger partial charge is 0.119 e. The van der Waals surface area contributed by atoms with Gasteiger partial charge in [0.2, 0.25) is 0 Å². The minimum Gasteiger partial charge on any atom is -0.494 e. The number of nitriles is 1. The van der Waals surface area contributed by atoms with Crippen molar-refractivity contribution < 1.29 is 4.74 Å². The second-order valence-electron chi connectivity index (χ2n) is 4.89. The van der Waals surface area contributed by atoms with E-state index in [1.54, 1.807) is 0 Å². The Labute approximate surface area is 119 Å². The molecule has 4 nitrogen and oxygen atoms in total. The van der Waals surface area contributed by atoms with E-state index in [4.69, 9.17) is 10.00 Å². The van der Waals surface area contributed by atoms with Crippen LogP contribution in [0.15, 0.2) is 30.3 Å². The third-order valence-electron chi connectivity index (χ3n) is 3.03. The molecule has 0 radical (unpaired) electrons. The maximum atomic E-state index is 8.81. The Kier molecular flexibility index (Phi) is 4.41. The molecular formula is C16H19N3O. The second kappa shape index (κ2) is 6.25. The van der Waals surface area contributed by atoms with E-state index in [0.29, 0.717) is 18.9 Å². The SMILES string of the molecule is CCOc1ccc(-n2nc(CC#N)cc2C(C)C)cc1. The van der Waals surface area contributed by atoms with E-state index in [2.05, 4.69) is 25.0 Å². The van der Waals surface area contributed by atoms with Crippen LogP contribution >= 0.6 is 0 Å². The van der Waals surface area contributed by atoms with E-state index >= 15 is 0 Å². The molecule has 4 heteroatoms. The molecule has 0 amide bonds. The van der Waals surface area contributed by atoms with Gasteiger partial charge in [-0.3, -0.25) is 0 Å². The molecule has 0 saturated carbocycles. The summed E-state index contributed by atoms with van der Waals surface area (Å²) in [6.45, 7) is 6.87. The minimum absolute atomic E-state index is 0.337. The highest BCUT2D eigenvalue weighted by molar-refractivity contribution is 5.39. The highest BCUT2D eigenvalue weighted by Crippen LogP contribution is 2.22. The molecule has 0 unspecified atom stereocenters. The van der Waals surface area contributed by atoms with Gasteiger partial charge in [0.1, 0.15) is 5.75 Å². The zero-order chi connectivity index (χ0) is 14.5. The van der Waals surface area contributed by atoms with Gasteiger partial charge in [0.25, 0.3) is 0 Å². The average Bonchev–Trinajstić information content (AvgIpc) is 2.85. The summed E-state index contributed by atoms with van der Waals surface area (Å²) in [5.41, 5.74) is 2.91. The molecule has 0 bridgehead atoms. The zero-order valence-corrected chi connectivity index (χ0v) is 12.1. The van der Waals surface area contributed by atoms with Crippen LogP contribution in [-0.2, 0) is 6.42 Å². The highest BCUT2D eigenvalue weighted by Gasteiger charge is 2.12. The van der Waals surface area contributed by atoms with Crippen LogP contribution in [0.1, 0.15) is 38.1 Å². The van der Waals surface area contributed by atoms with Crippen LogP contribution in [0, 0.1) is 11.3 Å². The molecule has 1 heterocycles. The average molecular weight is 269 g/mol.